The lowest BCUT2D eigenvalue weighted by molar-refractivity contribution is 0.0941. The fourth-order valence-electron chi connectivity index (χ4n) is 2.64. The van der Waals surface area contributed by atoms with E-state index in [2.05, 4.69) is 15.6 Å². The number of pyridine rings is 1. The SMILES string of the molecule is O=C(NC1CCS(=O)(=O)C1)c1cncc(NCc2ccc(F)cc2)c1. The van der Waals surface area contributed by atoms with Gasteiger partial charge in [-0.3, -0.25) is 9.78 Å². The van der Waals surface area contributed by atoms with E-state index < -0.39 is 9.84 Å². The molecule has 1 fully saturated rings. The number of nitrogens with one attached hydrogen (secondary N) is 2. The van der Waals surface area contributed by atoms with Gasteiger partial charge in [0.2, 0.25) is 0 Å². The second-order valence-electron chi connectivity index (χ2n) is 6.02. The summed E-state index contributed by atoms with van der Waals surface area (Å²) in [6.45, 7) is 0.466. The number of amides is 1. The number of nitrogens with zero attached hydrogens (tertiary/aromatic N) is 1. The summed E-state index contributed by atoms with van der Waals surface area (Å²) in [5.74, 6) is -0.553. The Labute approximate surface area is 145 Å². The number of hydrogen-bond donors (Lipinski definition) is 2. The Hall–Kier alpha value is -2.48. The van der Waals surface area contributed by atoms with Crippen LogP contribution in [0.15, 0.2) is 42.7 Å². The van der Waals surface area contributed by atoms with E-state index in [1.54, 1.807) is 24.4 Å². The number of benzene rings is 1. The molecule has 0 radical (unpaired) electrons. The molecule has 25 heavy (non-hydrogen) atoms. The number of rotatable bonds is 5. The van der Waals surface area contributed by atoms with Crippen LogP contribution >= 0.6 is 0 Å². The third kappa shape index (κ3) is 4.76. The van der Waals surface area contributed by atoms with Gasteiger partial charge >= 0.3 is 0 Å². The first-order valence-corrected chi connectivity index (χ1v) is 9.68. The van der Waals surface area contributed by atoms with E-state index in [0.717, 1.165) is 5.56 Å². The van der Waals surface area contributed by atoms with Gasteiger partial charge in [0, 0.05) is 25.0 Å². The number of carbonyl (C=O) groups is 1. The molecule has 2 heterocycles. The van der Waals surface area contributed by atoms with Gasteiger partial charge in [0.25, 0.3) is 5.91 Å². The summed E-state index contributed by atoms with van der Waals surface area (Å²) in [5.41, 5.74) is 1.90. The van der Waals surface area contributed by atoms with E-state index in [4.69, 9.17) is 0 Å². The Morgan fingerprint density at radius 3 is 2.68 bits per heavy atom. The maximum Gasteiger partial charge on any atom is 0.253 e. The molecule has 1 unspecified atom stereocenters. The second-order valence-corrected chi connectivity index (χ2v) is 8.24. The van der Waals surface area contributed by atoms with Crippen LogP contribution in [-0.2, 0) is 16.4 Å². The fraction of sp³-hybridized carbons (Fsp3) is 0.294. The molecule has 1 aliphatic rings. The molecule has 0 spiro atoms. The second kappa shape index (κ2) is 7.18. The van der Waals surface area contributed by atoms with Crippen molar-refractivity contribution >= 4 is 21.4 Å². The number of hydrogen-bond acceptors (Lipinski definition) is 5. The highest BCUT2D eigenvalue weighted by Gasteiger charge is 2.29. The summed E-state index contributed by atoms with van der Waals surface area (Å²) in [7, 11) is -3.04. The lowest BCUT2D eigenvalue weighted by Gasteiger charge is -2.12. The number of aromatic nitrogens is 1. The summed E-state index contributed by atoms with van der Waals surface area (Å²) >= 11 is 0. The highest BCUT2D eigenvalue weighted by atomic mass is 32.2. The van der Waals surface area contributed by atoms with Crippen LogP contribution in [0, 0.1) is 5.82 Å². The highest BCUT2D eigenvalue weighted by molar-refractivity contribution is 7.91. The normalized spacial score (nSPS) is 18.7. The number of halogens is 1. The van der Waals surface area contributed by atoms with Crippen molar-refractivity contribution in [2.24, 2.45) is 0 Å². The zero-order valence-electron chi connectivity index (χ0n) is 13.4. The number of carbonyl (C=O) groups excluding carboxylic acids is 1. The van der Waals surface area contributed by atoms with Gasteiger partial charge in [0.05, 0.1) is 22.8 Å². The predicted octanol–water partition coefficient (Wildman–Crippen LogP) is 1.75. The monoisotopic (exact) mass is 363 g/mol. The molecule has 132 valence electrons. The van der Waals surface area contributed by atoms with Crippen molar-refractivity contribution in [3.8, 4) is 0 Å². The number of sulfone groups is 1. The molecule has 2 aromatic rings. The Kier molecular flexibility index (Phi) is 4.98. The van der Waals surface area contributed by atoms with E-state index in [1.807, 2.05) is 0 Å². The smallest absolute Gasteiger partial charge is 0.253 e. The zero-order valence-corrected chi connectivity index (χ0v) is 14.2. The molecule has 2 N–H and O–H groups in total. The molecule has 1 aliphatic heterocycles. The van der Waals surface area contributed by atoms with Crippen LogP contribution in [0.2, 0.25) is 0 Å². The van der Waals surface area contributed by atoms with Gasteiger partial charge < -0.3 is 10.6 Å². The summed E-state index contributed by atoms with van der Waals surface area (Å²) < 4.78 is 35.8. The molecule has 0 aliphatic carbocycles. The first kappa shape index (κ1) is 17.3. The van der Waals surface area contributed by atoms with Crippen LogP contribution in [0.25, 0.3) is 0 Å². The zero-order chi connectivity index (χ0) is 17.9. The molecule has 0 saturated carbocycles. The van der Waals surface area contributed by atoms with Gasteiger partial charge in [0.15, 0.2) is 9.84 Å². The van der Waals surface area contributed by atoms with Gasteiger partial charge in [-0.15, -0.1) is 0 Å². The molecule has 1 aromatic heterocycles. The standard InChI is InChI=1S/C17H18FN3O3S/c18-14-3-1-12(2-4-14)8-20-16-7-13(9-19-10-16)17(22)21-15-5-6-25(23,24)11-15/h1-4,7,9-10,15,20H,5-6,8,11H2,(H,21,22). The maximum atomic E-state index is 12.9. The van der Waals surface area contributed by atoms with Crippen LogP contribution in [0.5, 0.6) is 0 Å². The summed E-state index contributed by atoms with van der Waals surface area (Å²) in [5, 5.41) is 5.85. The molecule has 1 atom stereocenters. The van der Waals surface area contributed by atoms with Gasteiger partial charge in [-0.25, -0.2) is 12.8 Å². The predicted molar refractivity (Wildman–Crippen MR) is 92.5 cm³/mol. The first-order valence-electron chi connectivity index (χ1n) is 7.86. The summed E-state index contributed by atoms with van der Waals surface area (Å²) in [6, 6.07) is 7.41. The Balaban J connectivity index is 1.60. The van der Waals surface area contributed by atoms with E-state index in [1.165, 1.54) is 18.3 Å². The van der Waals surface area contributed by atoms with Crippen molar-refractivity contribution in [1.82, 2.24) is 10.3 Å². The fourth-order valence-corrected chi connectivity index (χ4v) is 4.32. The van der Waals surface area contributed by atoms with Gasteiger partial charge in [-0.1, -0.05) is 12.1 Å². The van der Waals surface area contributed by atoms with Crippen molar-refractivity contribution in [2.45, 2.75) is 19.0 Å². The third-order valence-electron chi connectivity index (χ3n) is 3.98. The topological polar surface area (TPSA) is 88.2 Å². The molecule has 6 nitrogen and oxygen atoms in total. The molecule has 3 rings (SSSR count). The van der Waals surface area contributed by atoms with Gasteiger partial charge in [-0.05, 0) is 30.2 Å². The van der Waals surface area contributed by atoms with E-state index in [0.29, 0.717) is 24.2 Å². The van der Waals surface area contributed by atoms with Crippen LogP contribution < -0.4 is 10.6 Å². The van der Waals surface area contributed by atoms with Crippen LogP contribution in [0.1, 0.15) is 22.3 Å². The van der Waals surface area contributed by atoms with E-state index >= 15 is 0 Å². The largest absolute Gasteiger partial charge is 0.380 e. The molecule has 1 saturated heterocycles. The minimum absolute atomic E-state index is 0.0192. The van der Waals surface area contributed by atoms with Gasteiger partial charge in [0.1, 0.15) is 5.82 Å². The van der Waals surface area contributed by atoms with E-state index in [9.17, 15) is 17.6 Å². The maximum absolute atomic E-state index is 12.9. The average molecular weight is 363 g/mol. The van der Waals surface area contributed by atoms with Crippen molar-refractivity contribution in [3.63, 3.8) is 0 Å². The van der Waals surface area contributed by atoms with Crippen molar-refractivity contribution < 1.29 is 17.6 Å². The Morgan fingerprint density at radius 2 is 2.00 bits per heavy atom. The van der Waals surface area contributed by atoms with Crippen molar-refractivity contribution in [2.75, 3.05) is 16.8 Å². The molecule has 8 heteroatoms. The lowest BCUT2D eigenvalue weighted by atomic mass is 10.2. The molecule has 1 amide bonds. The minimum Gasteiger partial charge on any atom is -0.380 e. The lowest BCUT2D eigenvalue weighted by Crippen LogP contribution is -2.35. The minimum atomic E-state index is -3.04. The number of anilines is 1. The summed E-state index contributed by atoms with van der Waals surface area (Å²) in [6.07, 6.45) is 3.45. The third-order valence-corrected chi connectivity index (χ3v) is 5.75. The van der Waals surface area contributed by atoms with Crippen molar-refractivity contribution in [1.29, 1.82) is 0 Å². The Morgan fingerprint density at radius 1 is 1.24 bits per heavy atom. The average Bonchev–Trinajstić information content (AvgIpc) is 2.93. The van der Waals surface area contributed by atoms with Gasteiger partial charge in [-0.2, -0.15) is 0 Å². The van der Waals surface area contributed by atoms with Crippen LogP contribution in [0.3, 0.4) is 0 Å². The molecular weight excluding hydrogens is 345 g/mol. The van der Waals surface area contributed by atoms with E-state index in [-0.39, 0.29) is 29.3 Å². The van der Waals surface area contributed by atoms with Crippen LogP contribution in [-0.4, -0.2) is 36.9 Å². The molecule has 0 bridgehead atoms. The van der Waals surface area contributed by atoms with Crippen molar-refractivity contribution in [3.05, 3.63) is 59.7 Å². The Bertz CT molecular complexity index is 869. The highest BCUT2D eigenvalue weighted by Crippen LogP contribution is 2.14. The molecule has 1 aromatic carbocycles. The first-order chi connectivity index (χ1) is 11.9. The molecular formula is C17H18FN3O3S. The quantitative estimate of drug-likeness (QED) is 0.845. The summed E-state index contributed by atoms with van der Waals surface area (Å²) in [4.78, 5) is 16.3. The van der Waals surface area contributed by atoms with Crippen LogP contribution in [0.4, 0.5) is 10.1 Å².